The maximum absolute atomic E-state index is 12.6. The van der Waals surface area contributed by atoms with E-state index < -0.39 is 34.8 Å². The first-order chi connectivity index (χ1) is 13.5. The molecule has 1 atom stereocenters. The molecule has 0 spiro atoms. The first-order valence-corrected chi connectivity index (χ1v) is 10.1. The van der Waals surface area contributed by atoms with E-state index in [9.17, 15) is 26.4 Å². The molecule has 0 saturated heterocycles. The summed E-state index contributed by atoms with van der Waals surface area (Å²) < 4.78 is 68.4. The number of benzene rings is 2. The van der Waals surface area contributed by atoms with Crippen LogP contribution in [0, 0.1) is 6.92 Å². The molecule has 29 heavy (non-hydrogen) atoms. The Balaban J connectivity index is 2.05. The lowest BCUT2D eigenvalue weighted by molar-refractivity contribution is -0.174. The van der Waals surface area contributed by atoms with Gasteiger partial charge in [0, 0.05) is 17.3 Å². The Labute approximate surface area is 167 Å². The van der Waals surface area contributed by atoms with Crippen molar-refractivity contribution in [2.24, 2.45) is 0 Å². The fraction of sp³-hybridized carbons (Fsp3) is 0.316. The molecule has 0 bridgehead atoms. The van der Waals surface area contributed by atoms with Gasteiger partial charge in [0.15, 0.2) is 0 Å². The number of anilines is 1. The number of carbonyl (C=O) groups is 1. The highest BCUT2D eigenvalue weighted by Gasteiger charge is 2.27. The summed E-state index contributed by atoms with van der Waals surface area (Å²) in [5.41, 5.74) is 1.31. The van der Waals surface area contributed by atoms with Crippen LogP contribution in [0.15, 0.2) is 53.4 Å². The number of nitrogens with one attached hydrogen (secondary N) is 2. The van der Waals surface area contributed by atoms with Crippen LogP contribution < -0.4 is 10.0 Å². The number of ether oxygens (including phenoxy) is 1. The minimum absolute atomic E-state index is 0.0554. The molecule has 0 heterocycles. The van der Waals surface area contributed by atoms with Gasteiger partial charge in [0.05, 0.1) is 11.5 Å². The van der Waals surface area contributed by atoms with Crippen LogP contribution in [0.2, 0.25) is 0 Å². The third-order valence-electron chi connectivity index (χ3n) is 3.69. The zero-order valence-electron chi connectivity index (χ0n) is 15.8. The standard InChI is InChI=1S/C19H21F3N2O4S/c1-13-5-3-7-16(9-13)24-29(26,27)17-8-4-6-15(10-17)18(25)23-14(2)11-28-12-19(20,21)22/h3-10,14,24H,11-12H2,1-2H3,(H,23,25). The molecule has 2 rings (SSSR count). The zero-order valence-corrected chi connectivity index (χ0v) is 16.6. The molecule has 1 amide bonds. The molecule has 0 aromatic heterocycles. The highest BCUT2D eigenvalue weighted by atomic mass is 32.2. The molecule has 10 heteroatoms. The first kappa shape index (κ1) is 22.7. The molecular weight excluding hydrogens is 409 g/mol. The van der Waals surface area contributed by atoms with E-state index in [-0.39, 0.29) is 17.1 Å². The lowest BCUT2D eigenvalue weighted by Gasteiger charge is -2.15. The van der Waals surface area contributed by atoms with Crippen LogP contribution in [-0.2, 0) is 14.8 Å². The Morgan fingerprint density at radius 2 is 1.83 bits per heavy atom. The SMILES string of the molecule is Cc1cccc(NS(=O)(=O)c2cccc(C(=O)NC(C)COCC(F)(F)F)c2)c1. The second kappa shape index (κ2) is 9.27. The van der Waals surface area contributed by atoms with Gasteiger partial charge < -0.3 is 10.1 Å². The summed E-state index contributed by atoms with van der Waals surface area (Å²) in [5, 5.41) is 2.47. The molecule has 2 aromatic rings. The van der Waals surface area contributed by atoms with Gasteiger partial charge in [-0.15, -0.1) is 0 Å². The average molecular weight is 430 g/mol. The van der Waals surface area contributed by atoms with Gasteiger partial charge in [0.25, 0.3) is 15.9 Å². The summed E-state index contributed by atoms with van der Waals surface area (Å²) in [6.45, 7) is 1.56. The van der Waals surface area contributed by atoms with Crippen LogP contribution in [0.4, 0.5) is 18.9 Å². The second-order valence-corrected chi connectivity index (χ2v) is 8.19. The van der Waals surface area contributed by atoms with E-state index in [1.165, 1.54) is 31.2 Å². The maximum Gasteiger partial charge on any atom is 0.411 e. The molecule has 0 aliphatic rings. The van der Waals surface area contributed by atoms with Crippen LogP contribution in [0.25, 0.3) is 0 Å². The van der Waals surface area contributed by atoms with Gasteiger partial charge in [0.2, 0.25) is 0 Å². The molecule has 1 unspecified atom stereocenters. The predicted molar refractivity (Wildman–Crippen MR) is 102 cm³/mol. The fourth-order valence-corrected chi connectivity index (χ4v) is 3.52. The Bertz CT molecular complexity index is 962. The molecule has 0 saturated carbocycles. The number of halogens is 3. The largest absolute Gasteiger partial charge is 0.411 e. The number of amides is 1. The summed E-state index contributed by atoms with van der Waals surface area (Å²) in [4.78, 5) is 12.2. The van der Waals surface area contributed by atoms with Gasteiger partial charge in [-0.05, 0) is 49.7 Å². The number of rotatable bonds is 8. The van der Waals surface area contributed by atoms with Crippen molar-refractivity contribution in [2.75, 3.05) is 17.9 Å². The van der Waals surface area contributed by atoms with Crippen molar-refractivity contribution in [2.45, 2.75) is 31.0 Å². The fourth-order valence-electron chi connectivity index (χ4n) is 2.43. The van der Waals surface area contributed by atoms with E-state index in [1.54, 1.807) is 18.2 Å². The lowest BCUT2D eigenvalue weighted by Crippen LogP contribution is -2.37. The highest BCUT2D eigenvalue weighted by Crippen LogP contribution is 2.18. The van der Waals surface area contributed by atoms with Gasteiger partial charge in [-0.3, -0.25) is 9.52 Å². The predicted octanol–water partition coefficient (Wildman–Crippen LogP) is 3.49. The van der Waals surface area contributed by atoms with E-state index in [1.807, 2.05) is 13.0 Å². The van der Waals surface area contributed by atoms with Crippen molar-refractivity contribution in [3.63, 3.8) is 0 Å². The van der Waals surface area contributed by atoms with Crippen LogP contribution >= 0.6 is 0 Å². The summed E-state index contributed by atoms with van der Waals surface area (Å²) in [7, 11) is -3.92. The molecule has 0 aliphatic heterocycles. The van der Waals surface area contributed by atoms with Crippen LogP contribution in [0.3, 0.4) is 0 Å². The summed E-state index contributed by atoms with van der Waals surface area (Å²) in [6.07, 6.45) is -4.45. The number of aryl methyl sites for hydroxylation is 1. The van der Waals surface area contributed by atoms with Gasteiger partial charge >= 0.3 is 6.18 Å². The maximum atomic E-state index is 12.6. The van der Waals surface area contributed by atoms with E-state index >= 15 is 0 Å². The van der Waals surface area contributed by atoms with Crippen molar-refractivity contribution in [3.05, 3.63) is 59.7 Å². The number of hydrogen-bond donors (Lipinski definition) is 2. The molecule has 158 valence electrons. The zero-order chi connectivity index (χ0) is 21.7. The van der Waals surface area contributed by atoms with Crippen LogP contribution in [0.5, 0.6) is 0 Å². The Hall–Kier alpha value is -2.59. The third-order valence-corrected chi connectivity index (χ3v) is 5.07. The van der Waals surface area contributed by atoms with Crippen molar-refractivity contribution in [1.82, 2.24) is 5.32 Å². The number of alkyl halides is 3. The molecule has 2 N–H and O–H groups in total. The first-order valence-electron chi connectivity index (χ1n) is 8.61. The van der Waals surface area contributed by atoms with E-state index in [0.717, 1.165) is 5.56 Å². The van der Waals surface area contributed by atoms with Crippen molar-refractivity contribution in [1.29, 1.82) is 0 Å². The Morgan fingerprint density at radius 3 is 2.48 bits per heavy atom. The third kappa shape index (κ3) is 7.39. The summed E-state index contributed by atoms with van der Waals surface area (Å²) in [6, 6.07) is 11.4. The normalized spacial score (nSPS) is 13.0. The Kier molecular flexibility index (Phi) is 7.26. The molecule has 6 nitrogen and oxygen atoms in total. The van der Waals surface area contributed by atoms with Gasteiger partial charge in [-0.25, -0.2) is 8.42 Å². The Morgan fingerprint density at radius 1 is 1.14 bits per heavy atom. The van der Waals surface area contributed by atoms with Crippen LogP contribution in [-0.4, -0.2) is 39.8 Å². The smallest absolute Gasteiger partial charge is 0.370 e. The summed E-state index contributed by atoms with van der Waals surface area (Å²) in [5.74, 6) is -0.624. The highest BCUT2D eigenvalue weighted by molar-refractivity contribution is 7.92. The molecule has 0 aliphatic carbocycles. The van der Waals surface area contributed by atoms with E-state index in [0.29, 0.717) is 5.69 Å². The van der Waals surface area contributed by atoms with E-state index in [2.05, 4.69) is 14.8 Å². The number of hydrogen-bond acceptors (Lipinski definition) is 4. The van der Waals surface area contributed by atoms with Gasteiger partial charge in [-0.2, -0.15) is 13.2 Å². The van der Waals surface area contributed by atoms with Gasteiger partial charge in [0.1, 0.15) is 6.61 Å². The van der Waals surface area contributed by atoms with Crippen molar-refractivity contribution < 1.29 is 31.1 Å². The van der Waals surface area contributed by atoms with Gasteiger partial charge in [-0.1, -0.05) is 18.2 Å². The monoisotopic (exact) mass is 430 g/mol. The minimum Gasteiger partial charge on any atom is -0.370 e. The average Bonchev–Trinajstić information content (AvgIpc) is 2.60. The van der Waals surface area contributed by atoms with Crippen molar-refractivity contribution >= 4 is 21.6 Å². The van der Waals surface area contributed by atoms with Crippen molar-refractivity contribution in [3.8, 4) is 0 Å². The quantitative estimate of drug-likeness (QED) is 0.672. The molecule has 0 radical (unpaired) electrons. The topological polar surface area (TPSA) is 84.5 Å². The summed E-state index contributed by atoms with van der Waals surface area (Å²) >= 11 is 0. The number of sulfonamides is 1. The minimum atomic E-state index is -4.45. The lowest BCUT2D eigenvalue weighted by atomic mass is 10.2. The molecular formula is C19H21F3N2O4S. The molecule has 0 fully saturated rings. The number of carbonyl (C=O) groups excluding carboxylic acids is 1. The van der Waals surface area contributed by atoms with E-state index in [4.69, 9.17) is 0 Å². The molecule has 2 aromatic carbocycles. The second-order valence-electron chi connectivity index (χ2n) is 6.51. The van der Waals surface area contributed by atoms with Crippen LogP contribution in [0.1, 0.15) is 22.8 Å².